The van der Waals surface area contributed by atoms with Crippen molar-refractivity contribution < 1.29 is 4.74 Å². The molecule has 1 aliphatic rings. The number of aromatic amines is 1. The van der Waals surface area contributed by atoms with E-state index < -0.39 is 0 Å². The second-order valence-corrected chi connectivity index (χ2v) is 5.33. The fraction of sp³-hybridized carbons (Fsp3) is 0.615. The van der Waals surface area contributed by atoms with Gasteiger partial charge in [0.2, 0.25) is 0 Å². The average Bonchev–Trinajstić information content (AvgIpc) is 3.04. The predicted octanol–water partition coefficient (Wildman–Crippen LogP) is 1.83. The van der Waals surface area contributed by atoms with E-state index in [4.69, 9.17) is 4.74 Å². The van der Waals surface area contributed by atoms with Gasteiger partial charge in [0.15, 0.2) is 11.5 Å². The molecule has 1 fully saturated rings. The summed E-state index contributed by atoms with van der Waals surface area (Å²) in [5.41, 5.74) is 1.56. The zero-order valence-electron chi connectivity index (χ0n) is 11.3. The first-order valence-electron chi connectivity index (χ1n) is 6.75. The molecule has 0 aliphatic carbocycles. The first kappa shape index (κ1) is 12.3. The topological polar surface area (TPSA) is 75.7 Å². The van der Waals surface area contributed by atoms with Crippen LogP contribution in [0, 0.1) is 11.8 Å². The van der Waals surface area contributed by atoms with Gasteiger partial charge in [-0.2, -0.15) is 0 Å². The summed E-state index contributed by atoms with van der Waals surface area (Å²) in [7, 11) is 0. The Bertz CT molecular complexity index is 553. The first-order chi connectivity index (χ1) is 9.25. The third-order valence-electron chi connectivity index (χ3n) is 3.68. The van der Waals surface area contributed by atoms with Gasteiger partial charge in [0.1, 0.15) is 11.8 Å². The number of imidazole rings is 1. The predicted molar refractivity (Wildman–Crippen MR) is 72.9 cm³/mol. The lowest BCUT2D eigenvalue weighted by atomic mass is 9.93. The molecule has 0 bridgehead atoms. The van der Waals surface area contributed by atoms with Gasteiger partial charge in [-0.05, 0) is 12.3 Å². The minimum absolute atomic E-state index is 0.339. The van der Waals surface area contributed by atoms with Gasteiger partial charge in [0.05, 0.1) is 12.4 Å². The lowest BCUT2D eigenvalue weighted by Crippen LogP contribution is -2.28. The Morgan fingerprint density at radius 1 is 1.42 bits per heavy atom. The zero-order valence-corrected chi connectivity index (χ0v) is 11.3. The molecule has 19 heavy (non-hydrogen) atoms. The maximum absolute atomic E-state index is 5.79. The molecule has 102 valence electrons. The van der Waals surface area contributed by atoms with Gasteiger partial charge in [-0.3, -0.25) is 0 Å². The highest BCUT2D eigenvalue weighted by Crippen LogP contribution is 2.27. The molecule has 2 aromatic heterocycles. The van der Waals surface area contributed by atoms with Crippen LogP contribution in [0.4, 0.5) is 5.82 Å². The summed E-state index contributed by atoms with van der Waals surface area (Å²) in [6, 6.07) is 0. The van der Waals surface area contributed by atoms with Crippen molar-refractivity contribution in [3.8, 4) is 0 Å². The van der Waals surface area contributed by atoms with E-state index in [0.717, 1.165) is 30.9 Å². The number of aromatic nitrogens is 4. The number of hydrogen-bond donors (Lipinski definition) is 2. The quantitative estimate of drug-likeness (QED) is 0.878. The van der Waals surface area contributed by atoms with E-state index in [2.05, 4.69) is 39.1 Å². The number of nitrogens with one attached hydrogen (secondary N) is 2. The maximum Gasteiger partial charge on any atom is 0.182 e. The van der Waals surface area contributed by atoms with Crippen molar-refractivity contribution in [3.63, 3.8) is 0 Å². The zero-order chi connectivity index (χ0) is 13.2. The fourth-order valence-corrected chi connectivity index (χ4v) is 2.74. The standard InChI is InChI=1S/C13H19N5O/c1-8(2)11-9(3-4-19-11)5-14-12-10-13(16-6-15-10)18-7-17-12/h6-9,11H,3-5H2,1-2H3,(H2,14,15,16,17,18)/t9-,11+/m1/s1. The molecule has 0 aromatic carbocycles. The summed E-state index contributed by atoms with van der Waals surface area (Å²) in [4.78, 5) is 15.6. The van der Waals surface area contributed by atoms with E-state index in [1.165, 1.54) is 6.33 Å². The number of anilines is 1. The summed E-state index contributed by atoms with van der Waals surface area (Å²) in [5, 5.41) is 3.40. The molecular weight excluding hydrogens is 242 g/mol. The van der Waals surface area contributed by atoms with E-state index in [9.17, 15) is 0 Å². The van der Waals surface area contributed by atoms with Crippen LogP contribution in [0.15, 0.2) is 12.7 Å². The monoisotopic (exact) mass is 261 g/mol. The van der Waals surface area contributed by atoms with Crippen LogP contribution in [0.25, 0.3) is 11.2 Å². The van der Waals surface area contributed by atoms with Crippen LogP contribution >= 0.6 is 0 Å². The Morgan fingerprint density at radius 2 is 2.32 bits per heavy atom. The molecule has 6 nitrogen and oxygen atoms in total. The molecule has 6 heteroatoms. The van der Waals surface area contributed by atoms with Gasteiger partial charge < -0.3 is 15.0 Å². The molecule has 2 N–H and O–H groups in total. The Labute approximate surface area is 112 Å². The number of hydrogen-bond acceptors (Lipinski definition) is 5. The smallest absolute Gasteiger partial charge is 0.182 e. The van der Waals surface area contributed by atoms with Crippen LogP contribution < -0.4 is 5.32 Å². The Morgan fingerprint density at radius 3 is 3.16 bits per heavy atom. The SMILES string of the molecule is CC(C)[C@@H]1OCC[C@@H]1CNc1ncnc2nc[nH]c12. The molecule has 0 unspecified atom stereocenters. The third-order valence-corrected chi connectivity index (χ3v) is 3.68. The van der Waals surface area contributed by atoms with Crippen LogP contribution in [0.5, 0.6) is 0 Å². The van der Waals surface area contributed by atoms with Gasteiger partial charge in [-0.1, -0.05) is 13.8 Å². The lowest BCUT2D eigenvalue weighted by molar-refractivity contribution is 0.0566. The number of ether oxygens (including phenoxy) is 1. The third kappa shape index (κ3) is 2.40. The molecule has 0 radical (unpaired) electrons. The highest BCUT2D eigenvalue weighted by molar-refractivity contribution is 5.81. The van der Waals surface area contributed by atoms with E-state index >= 15 is 0 Å². The normalized spacial score (nSPS) is 23.3. The van der Waals surface area contributed by atoms with Crippen molar-refractivity contribution in [1.29, 1.82) is 0 Å². The van der Waals surface area contributed by atoms with Gasteiger partial charge in [-0.25, -0.2) is 15.0 Å². The highest BCUT2D eigenvalue weighted by atomic mass is 16.5. The molecule has 2 aromatic rings. The van der Waals surface area contributed by atoms with Crippen molar-refractivity contribution in [2.24, 2.45) is 11.8 Å². The summed E-state index contributed by atoms with van der Waals surface area (Å²) < 4.78 is 5.79. The molecule has 1 aliphatic heterocycles. The van der Waals surface area contributed by atoms with Crippen molar-refractivity contribution in [3.05, 3.63) is 12.7 Å². The molecule has 2 atom stereocenters. The van der Waals surface area contributed by atoms with Crippen LogP contribution in [-0.2, 0) is 4.74 Å². The van der Waals surface area contributed by atoms with Gasteiger partial charge in [0.25, 0.3) is 0 Å². The van der Waals surface area contributed by atoms with Crippen LogP contribution in [-0.4, -0.2) is 39.2 Å². The van der Waals surface area contributed by atoms with Crippen LogP contribution in [0.2, 0.25) is 0 Å². The Balaban J connectivity index is 1.70. The lowest BCUT2D eigenvalue weighted by Gasteiger charge is -2.22. The second-order valence-electron chi connectivity index (χ2n) is 5.33. The van der Waals surface area contributed by atoms with Gasteiger partial charge in [-0.15, -0.1) is 0 Å². The van der Waals surface area contributed by atoms with Crippen molar-refractivity contribution in [2.75, 3.05) is 18.5 Å². The minimum Gasteiger partial charge on any atom is -0.378 e. The van der Waals surface area contributed by atoms with Crippen molar-refractivity contribution in [1.82, 2.24) is 19.9 Å². The summed E-state index contributed by atoms with van der Waals surface area (Å²) >= 11 is 0. The molecule has 1 saturated heterocycles. The summed E-state index contributed by atoms with van der Waals surface area (Å²) in [6.07, 6.45) is 4.62. The Hall–Kier alpha value is -1.69. The van der Waals surface area contributed by atoms with E-state index in [1.54, 1.807) is 6.33 Å². The number of H-pyrrole nitrogens is 1. The fourth-order valence-electron chi connectivity index (χ4n) is 2.74. The summed E-state index contributed by atoms with van der Waals surface area (Å²) in [5.74, 6) is 1.90. The number of rotatable bonds is 4. The molecule has 3 heterocycles. The van der Waals surface area contributed by atoms with Gasteiger partial charge >= 0.3 is 0 Å². The largest absolute Gasteiger partial charge is 0.378 e. The Kier molecular flexibility index (Phi) is 3.33. The number of nitrogens with zero attached hydrogens (tertiary/aromatic N) is 3. The molecule has 3 rings (SSSR count). The molecule has 0 spiro atoms. The molecule has 0 amide bonds. The van der Waals surface area contributed by atoms with Crippen molar-refractivity contribution in [2.45, 2.75) is 26.4 Å². The van der Waals surface area contributed by atoms with E-state index in [1.807, 2.05) is 0 Å². The van der Waals surface area contributed by atoms with Crippen LogP contribution in [0.1, 0.15) is 20.3 Å². The highest BCUT2D eigenvalue weighted by Gasteiger charge is 2.30. The molecular formula is C13H19N5O. The second kappa shape index (κ2) is 5.13. The van der Waals surface area contributed by atoms with E-state index in [0.29, 0.717) is 23.6 Å². The van der Waals surface area contributed by atoms with E-state index in [-0.39, 0.29) is 0 Å². The minimum atomic E-state index is 0.339. The average molecular weight is 261 g/mol. The van der Waals surface area contributed by atoms with Crippen LogP contribution in [0.3, 0.4) is 0 Å². The first-order valence-corrected chi connectivity index (χ1v) is 6.75. The molecule has 0 saturated carbocycles. The van der Waals surface area contributed by atoms with Crippen molar-refractivity contribution >= 4 is 17.0 Å². The number of fused-ring (bicyclic) bond motifs is 1. The summed E-state index contributed by atoms with van der Waals surface area (Å²) in [6.45, 7) is 6.15. The van der Waals surface area contributed by atoms with Gasteiger partial charge in [0, 0.05) is 19.1 Å². The maximum atomic E-state index is 5.79.